The number of Topliss-reactive ketones (excluding diaryl/α,β-unsaturated/α-hetero) is 1. The van der Waals surface area contributed by atoms with E-state index in [0.29, 0.717) is 37.0 Å². The molecule has 0 radical (unpaired) electrons. The molecule has 1 aliphatic heterocycles. The molecule has 3 fully saturated rings. The van der Waals surface area contributed by atoms with Crippen molar-refractivity contribution in [3.8, 4) is 5.75 Å². The summed E-state index contributed by atoms with van der Waals surface area (Å²) in [4.78, 5) is 15.3. The average molecular weight is 355 g/mol. The summed E-state index contributed by atoms with van der Waals surface area (Å²) in [5, 5.41) is 10.2. The molecule has 0 spiro atoms. The number of benzene rings is 1. The zero-order valence-electron chi connectivity index (χ0n) is 15.7. The Bertz CT molecular complexity index is 743. The van der Waals surface area contributed by atoms with Crippen molar-refractivity contribution in [2.24, 2.45) is 5.92 Å². The summed E-state index contributed by atoms with van der Waals surface area (Å²) < 4.78 is 6.63. The maximum Gasteiger partial charge on any atom is 0.134 e. The smallest absolute Gasteiger partial charge is 0.134 e. The average Bonchev–Trinajstić information content (AvgIpc) is 3.43. The fourth-order valence-corrected chi connectivity index (χ4v) is 6.27. The van der Waals surface area contributed by atoms with E-state index in [0.717, 1.165) is 31.7 Å². The third-order valence-electron chi connectivity index (χ3n) is 7.50. The second-order valence-corrected chi connectivity index (χ2v) is 8.87. The lowest BCUT2D eigenvalue weighted by atomic mass is 9.49. The first kappa shape index (κ1) is 16.8. The van der Waals surface area contributed by atoms with Crippen molar-refractivity contribution in [3.05, 3.63) is 29.3 Å². The van der Waals surface area contributed by atoms with Gasteiger partial charge in [-0.05, 0) is 74.8 Å². The number of ether oxygens (including phenoxy) is 1. The van der Waals surface area contributed by atoms with Crippen LogP contribution in [0.25, 0.3) is 0 Å². The summed E-state index contributed by atoms with van der Waals surface area (Å²) in [5.74, 6) is 1.51. The van der Waals surface area contributed by atoms with E-state index in [2.05, 4.69) is 17.9 Å². The summed E-state index contributed by atoms with van der Waals surface area (Å²) in [7, 11) is 0. The molecule has 1 heterocycles. The number of nitrogens with zero attached hydrogens (tertiary/aromatic N) is 1. The highest BCUT2D eigenvalue weighted by molar-refractivity contribution is 5.82. The van der Waals surface area contributed by atoms with E-state index in [1.165, 1.54) is 30.5 Å². The Labute approximate surface area is 155 Å². The molecule has 4 aliphatic rings. The fourth-order valence-electron chi connectivity index (χ4n) is 6.27. The number of piperidine rings is 1. The van der Waals surface area contributed by atoms with Crippen LogP contribution in [0.2, 0.25) is 0 Å². The number of hydrogen-bond acceptors (Lipinski definition) is 4. The van der Waals surface area contributed by atoms with Crippen LogP contribution in [-0.2, 0) is 21.4 Å². The van der Waals surface area contributed by atoms with Crippen LogP contribution in [-0.4, -0.2) is 47.1 Å². The number of aromatic hydroxyl groups is 1. The van der Waals surface area contributed by atoms with Crippen LogP contribution in [0.4, 0.5) is 0 Å². The molecule has 1 aromatic carbocycles. The highest BCUT2D eigenvalue weighted by atomic mass is 16.5. The zero-order valence-corrected chi connectivity index (χ0v) is 15.7. The zero-order chi connectivity index (χ0) is 17.9. The molecule has 4 nitrogen and oxygen atoms in total. The molecule has 2 saturated carbocycles. The lowest BCUT2D eigenvalue weighted by Gasteiger charge is -2.65. The number of ketones is 1. The van der Waals surface area contributed by atoms with Gasteiger partial charge in [0, 0.05) is 37.5 Å². The molecule has 1 aromatic rings. The van der Waals surface area contributed by atoms with Gasteiger partial charge in [-0.25, -0.2) is 0 Å². The summed E-state index contributed by atoms with van der Waals surface area (Å²) in [6.45, 7) is 4.98. The Morgan fingerprint density at radius 2 is 2.15 bits per heavy atom. The van der Waals surface area contributed by atoms with E-state index in [-0.39, 0.29) is 11.0 Å². The van der Waals surface area contributed by atoms with Gasteiger partial charge in [-0.3, -0.25) is 9.69 Å². The molecule has 3 aliphatic carbocycles. The third kappa shape index (κ3) is 2.24. The van der Waals surface area contributed by atoms with Crippen LogP contribution in [0.15, 0.2) is 18.2 Å². The Morgan fingerprint density at radius 1 is 1.31 bits per heavy atom. The van der Waals surface area contributed by atoms with E-state index in [4.69, 9.17) is 4.74 Å². The second kappa shape index (κ2) is 5.80. The van der Waals surface area contributed by atoms with Crippen LogP contribution < -0.4 is 0 Å². The monoisotopic (exact) mass is 355 g/mol. The van der Waals surface area contributed by atoms with Gasteiger partial charge < -0.3 is 9.84 Å². The van der Waals surface area contributed by atoms with Crippen molar-refractivity contribution in [1.29, 1.82) is 0 Å². The molecule has 5 rings (SSSR count). The van der Waals surface area contributed by atoms with Gasteiger partial charge in [-0.1, -0.05) is 6.07 Å². The van der Waals surface area contributed by atoms with Crippen LogP contribution >= 0.6 is 0 Å². The Balaban J connectivity index is 1.68. The van der Waals surface area contributed by atoms with Gasteiger partial charge in [-0.2, -0.15) is 0 Å². The Hall–Kier alpha value is -1.39. The SMILES string of the molecule is CCO[C@@]12CCC(=O)C[C@@]13CCN(CC1CC1)[C@@H]2Cc1ccc(O)cc13. The quantitative estimate of drug-likeness (QED) is 0.901. The van der Waals surface area contributed by atoms with E-state index >= 15 is 0 Å². The minimum atomic E-state index is -0.288. The van der Waals surface area contributed by atoms with Gasteiger partial charge in [0.15, 0.2) is 0 Å². The number of rotatable bonds is 4. The van der Waals surface area contributed by atoms with E-state index in [1.807, 2.05) is 6.07 Å². The summed E-state index contributed by atoms with van der Waals surface area (Å²) >= 11 is 0. The van der Waals surface area contributed by atoms with Gasteiger partial charge in [0.05, 0.1) is 5.60 Å². The van der Waals surface area contributed by atoms with Gasteiger partial charge in [0.1, 0.15) is 11.5 Å². The summed E-state index contributed by atoms with van der Waals surface area (Å²) in [6.07, 6.45) is 6.66. The van der Waals surface area contributed by atoms with E-state index in [1.54, 1.807) is 6.07 Å². The van der Waals surface area contributed by atoms with Crippen LogP contribution in [0.5, 0.6) is 5.75 Å². The van der Waals surface area contributed by atoms with Crippen molar-refractivity contribution < 1.29 is 14.6 Å². The van der Waals surface area contributed by atoms with Crippen LogP contribution in [0.3, 0.4) is 0 Å². The summed E-state index contributed by atoms with van der Waals surface area (Å²) in [5.41, 5.74) is 1.93. The van der Waals surface area contributed by atoms with E-state index < -0.39 is 0 Å². The van der Waals surface area contributed by atoms with Gasteiger partial charge >= 0.3 is 0 Å². The first-order chi connectivity index (χ1) is 12.6. The van der Waals surface area contributed by atoms with Gasteiger partial charge in [0.25, 0.3) is 0 Å². The van der Waals surface area contributed by atoms with Crippen molar-refractivity contribution in [1.82, 2.24) is 4.90 Å². The fraction of sp³-hybridized carbons (Fsp3) is 0.682. The Kier molecular flexibility index (Phi) is 3.74. The van der Waals surface area contributed by atoms with Crippen molar-refractivity contribution >= 4 is 5.78 Å². The molecule has 26 heavy (non-hydrogen) atoms. The second-order valence-electron chi connectivity index (χ2n) is 8.87. The predicted octanol–water partition coefficient (Wildman–Crippen LogP) is 3.20. The normalized spacial score (nSPS) is 36.5. The number of fused-ring (bicyclic) bond motifs is 1. The highest BCUT2D eigenvalue weighted by Gasteiger charge is 2.66. The standard InChI is InChI=1S/C22H29NO3/c1-2-26-22-8-7-18(25)13-21(22)9-10-23(14-15-3-4-15)20(22)11-16-5-6-17(24)12-19(16)21/h5-6,12,15,20,24H,2-4,7-11,13-14H2,1H3/t20-,21-,22-/m1/s1. The predicted molar refractivity (Wildman–Crippen MR) is 99.4 cm³/mol. The molecular formula is C22H29NO3. The molecule has 0 unspecified atom stereocenters. The van der Waals surface area contributed by atoms with Crippen molar-refractivity contribution in [3.63, 3.8) is 0 Å². The number of phenols is 1. The summed E-state index contributed by atoms with van der Waals surface area (Å²) in [6, 6.07) is 6.15. The minimum absolute atomic E-state index is 0.268. The van der Waals surface area contributed by atoms with Gasteiger partial charge in [-0.15, -0.1) is 0 Å². The van der Waals surface area contributed by atoms with Crippen LogP contribution in [0, 0.1) is 5.92 Å². The molecule has 3 atom stereocenters. The van der Waals surface area contributed by atoms with Crippen LogP contribution in [0.1, 0.15) is 56.6 Å². The molecule has 1 saturated heterocycles. The van der Waals surface area contributed by atoms with E-state index in [9.17, 15) is 9.90 Å². The molecule has 0 amide bonds. The molecule has 2 bridgehead atoms. The van der Waals surface area contributed by atoms with Crippen molar-refractivity contribution in [2.45, 2.75) is 68.9 Å². The minimum Gasteiger partial charge on any atom is -0.508 e. The first-order valence-electron chi connectivity index (χ1n) is 10.3. The maximum atomic E-state index is 12.6. The topological polar surface area (TPSA) is 49.8 Å². The molecule has 1 N–H and O–H groups in total. The van der Waals surface area contributed by atoms with Gasteiger partial charge in [0.2, 0.25) is 0 Å². The lowest BCUT2D eigenvalue weighted by molar-refractivity contribution is -0.198. The molecule has 4 heteroatoms. The molecule has 0 aromatic heterocycles. The Morgan fingerprint density at radius 3 is 2.92 bits per heavy atom. The third-order valence-corrected chi connectivity index (χ3v) is 7.50. The first-order valence-corrected chi connectivity index (χ1v) is 10.3. The largest absolute Gasteiger partial charge is 0.508 e. The highest BCUT2D eigenvalue weighted by Crippen LogP contribution is 2.59. The number of likely N-dealkylation sites (tertiary alicyclic amines) is 1. The number of hydrogen-bond donors (Lipinski definition) is 1. The maximum absolute atomic E-state index is 12.6. The molecular weight excluding hydrogens is 326 g/mol. The lowest BCUT2D eigenvalue weighted by Crippen LogP contribution is -2.74. The van der Waals surface area contributed by atoms with Crippen molar-refractivity contribution in [2.75, 3.05) is 19.7 Å². The molecule has 140 valence electrons. The number of phenolic OH excluding ortho intramolecular Hbond substituents is 1. The number of carbonyl (C=O) groups excluding carboxylic acids is 1. The number of carbonyl (C=O) groups is 1.